The van der Waals surface area contributed by atoms with Crippen molar-refractivity contribution in [1.82, 2.24) is 9.80 Å². The molecule has 0 aromatic heterocycles. The van der Waals surface area contributed by atoms with Crippen LogP contribution in [0.4, 0.5) is 4.79 Å². The predicted octanol–water partition coefficient (Wildman–Crippen LogP) is 3.03. The van der Waals surface area contributed by atoms with Crippen LogP contribution in [0.2, 0.25) is 0 Å². The van der Waals surface area contributed by atoms with E-state index in [-0.39, 0.29) is 17.9 Å². The molecule has 2 aliphatic heterocycles. The highest BCUT2D eigenvalue weighted by Crippen LogP contribution is 2.29. The van der Waals surface area contributed by atoms with E-state index >= 15 is 0 Å². The van der Waals surface area contributed by atoms with Gasteiger partial charge in [0, 0.05) is 12.6 Å². The van der Waals surface area contributed by atoms with E-state index in [1.165, 1.54) is 24.2 Å². The van der Waals surface area contributed by atoms with Crippen LogP contribution >= 0.6 is 0 Å². The third-order valence-electron chi connectivity index (χ3n) is 4.61. The lowest BCUT2D eigenvalue weighted by molar-refractivity contribution is -0.141. The van der Waals surface area contributed by atoms with E-state index < -0.39 is 11.7 Å². The summed E-state index contributed by atoms with van der Waals surface area (Å²) in [5, 5.41) is 0. The van der Waals surface area contributed by atoms with E-state index in [0.29, 0.717) is 6.54 Å². The monoisotopic (exact) mass is 310 g/mol. The Kier molecular flexibility index (Phi) is 5.48. The summed E-state index contributed by atoms with van der Waals surface area (Å²) in [6.07, 6.45) is 4.88. The number of nitrogens with zero attached hydrogens (tertiary/aromatic N) is 2. The van der Waals surface area contributed by atoms with Crippen molar-refractivity contribution in [3.05, 3.63) is 0 Å². The van der Waals surface area contributed by atoms with Gasteiger partial charge in [0.15, 0.2) is 0 Å². The molecule has 0 unspecified atom stereocenters. The first-order valence-corrected chi connectivity index (χ1v) is 8.62. The summed E-state index contributed by atoms with van der Waals surface area (Å²) in [5.41, 5.74) is -0.567. The van der Waals surface area contributed by atoms with E-state index in [1.807, 2.05) is 27.7 Å². The normalized spacial score (nSPS) is 27.8. The van der Waals surface area contributed by atoms with Crippen LogP contribution in [0.15, 0.2) is 0 Å². The maximum Gasteiger partial charge on any atom is 0.417 e. The topological polar surface area (TPSA) is 49.9 Å². The minimum absolute atomic E-state index is 0.0569. The number of ether oxygens (including phenoxy) is 1. The molecule has 0 saturated carbocycles. The second kappa shape index (κ2) is 6.99. The molecule has 0 aromatic carbocycles. The summed E-state index contributed by atoms with van der Waals surface area (Å²) in [6, 6.07) is 0.288. The SMILES string of the molecule is CC[C@H]1C(=O)N(C(=O)OC(C)(C)C)CC[C@@H]1N1CCCCC1. The van der Waals surface area contributed by atoms with Gasteiger partial charge in [0.2, 0.25) is 5.91 Å². The van der Waals surface area contributed by atoms with E-state index in [2.05, 4.69) is 4.90 Å². The van der Waals surface area contributed by atoms with Crippen molar-refractivity contribution in [2.45, 2.75) is 71.4 Å². The van der Waals surface area contributed by atoms with E-state index in [4.69, 9.17) is 4.74 Å². The maximum atomic E-state index is 12.7. The zero-order valence-corrected chi connectivity index (χ0v) is 14.4. The van der Waals surface area contributed by atoms with Crippen molar-refractivity contribution in [2.75, 3.05) is 19.6 Å². The molecule has 5 nitrogen and oxygen atoms in total. The van der Waals surface area contributed by atoms with Gasteiger partial charge in [0.1, 0.15) is 5.60 Å². The Bertz CT molecular complexity index is 411. The fourth-order valence-corrected chi connectivity index (χ4v) is 3.57. The minimum Gasteiger partial charge on any atom is -0.443 e. The van der Waals surface area contributed by atoms with Crippen LogP contribution in [0, 0.1) is 5.92 Å². The molecule has 22 heavy (non-hydrogen) atoms. The fraction of sp³-hybridized carbons (Fsp3) is 0.882. The van der Waals surface area contributed by atoms with E-state index in [0.717, 1.165) is 25.9 Å². The molecule has 0 aliphatic carbocycles. The summed E-state index contributed by atoms with van der Waals surface area (Å²) >= 11 is 0. The standard InChI is InChI=1S/C17H30N2O3/c1-5-13-14(18-10-7-6-8-11-18)9-12-19(15(13)20)16(21)22-17(2,3)4/h13-14H,5-12H2,1-4H3/t13-,14+/m1/s1. The van der Waals surface area contributed by atoms with Gasteiger partial charge in [0.25, 0.3) is 0 Å². The van der Waals surface area contributed by atoms with Gasteiger partial charge in [-0.05, 0) is 59.5 Å². The molecule has 2 aliphatic rings. The van der Waals surface area contributed by atoms with Gasteiger partial charge in [-0.2, -0.15) is 0 Å². The molecule has 2 atom stereocenters. The van der Waals surface area contributed by atoms with Gasteiger partial charge < -0.3 is 4.74 Å². The van der Waals surface area contributed by atoms with Crippen molar-refractivity contribution in [1.29, 1.82) is 0 Å². The number of amides is 2. The molecule has 2 fully saturated rings. The average molecular weight is 310 g/mol. The van der Waals surface area contributed by atoms with Crippen LogP contribution in [0.1, 0.15) is 59.8 Å². The number of piperidine rings is 2. The molecule has 2 amide bonds. The number of imide groups is 1. The lowest BCUT2D eigenvalue weighted by Gasteiger charge is -2.43. The number of hydrogen-bond acceptors (Lipinski definition) is 4. The first-order valence-electron chi connectivity index (χ1n) is 8.62. The first-order chi connectivity index (χ1) is 10.3. The molecular formula is C17H30N2O3. The molecule has 5 heteroatoms. The van der Waals surface area contributed by atoms with Gasteiger partial charge in [-0.15, -0.1) is 0 Å². The second-order valence-corrected chi connectivity index (χ2v) is 7.44. The molecule has 2 saturated heterocycles. The van der Waals surface area contributed by atoms with E-state index in [9.17, 15) is 9.59 Å². The number of rotatable bonds is 2. The van der Waals surface area contributed by atoms with Crippen molar-refractivity contribution in [3.8, 4) is 0 Å². The molecule has 126 valence electrons. The first kappa shape index (κ1) is 17.3. The molecule has 0 spiro atoms. The maximum absolute atomic E-state index is 12.7. The molecule has 2 heterocycles. The lowest BCUT2D eigenvalue weighted by atomic mass is 9.87. The summed E-state index contributed by atoms with van der Waals surface area (Å²) in [6.45, 7) is 10.2. The smallest absolute Gasteiger partial charge is 0.417 e. The Morgan fingerprint density at radius 3 is 2.36 bits per heavy atom. The van der Waals surface area contributed by atoms with Crippen LogP contribution in [-0.4, -0.2) is 53.1 Å². The average Bonchev–Trinajstić information content (AvgIpc) is 2.45. The Morgan fingerprint density at radius 1 is 1.18 bits per heavy atom. The van der Waals surface area contributed by atoms with Gasteiger partial charge in [0.05, 0.1) is 5.92 Å². The predicted molar refractivity (Wildman–Crippen MR) is 85.6 cm³/mol. The second-order valence-electron chi connectivity index (χ2n) is 7.44. The highest BCUT2D eigenvalue weighted by molar-refractivity contribution is 5.94. The zero-order valence-electron chi connectivity index (χ0n) is 14.4. The Hall–Kier alpha value is -1.10. The lowest BCUT2D eigenvalue weighted by Crippen LogP contribution is -2.57. The molecular weight excluding hydrogens is 280 g/mol. The Morgan fingerprint density at radius 2 is 1.82 bits per heavy atom. The summed E-state index contributed by atoms with van der Waals surface area (Å²) in [7, 11) is 0. The van der Waals surface area contributed by atoms with Crippen molar-refractivity contribution >= 4 is 12.0 Å². The summed E-state index contributed by atoms with van der Waals surface area (Å²) in [5.74, 6) is -0.141. The van der Waals surface area contributed by atoms with Crippen LogP contribution < -0.4 is 0 Å². The van der Waals surface area contributed by atoms with Crippen LogP contribution in [0.5, 0.6) is 0 Å². The largest absolute Gasteiger partial charge is 0.443 e. The van der Waals surface area contributed by atoms with Crippen LogP contribution in [-0.2, 0) is 9.53 Å². The highest BCUT2D eigenvalue weighted by atomic mass is 16.6. The van der Waals surface area contributed by atoms with Gasteiger partial charge in [-0.25, -0.2) is 9.69 Å². The van der Waals surface area contributed by atoms with Crippen molar-refractivity contribution in [3.63, 3.8) is 0 Å². The number of likely N-dealkylation sites (tertiary alicyclic amines) is 2. The quantitative estimate of drug-likeness (QED) is 0.786. The highest BCUT2D eigenvalue weighted by Gasteiger charge is 2.42. The zero-order chi connectivity index (χ0) is 16.3. The molecule has 0 radical (unpaired) electrons. The van der Waals surface area contributed by atoms with Gasteiger partial charge in [-0.1, -0.05) is 13.3 Å². The summed E-state index contributed by atoms with van der Waals surface area (Å²) in [4.78, 5) is 28.8. The number of carbonyl (C=O) groups is 2. The van der Waals surface area contributed by atoms with Crippen LogP contribution in [0.25, 0.3) is 0 Å². The molecule has 2 rings (SSSR count). The Balaban J connectivity index is 2.05. The fourth-order valence-electron chi connectivity index (χ4n) is 3.57. The third kappa shape index (κ3) is 4.00. The number of hydrogen-bond donors (Lipinski definition) is 0. The number of carbonyl (C=O) groups excluding carboxylic acids is 2. The van der Waals surface area contributed by atoms with Crippen molar-refractivity contribution in [2.24, 2.45) is 5.92 Å². The van der Waals surface area contributed by atoms with Gasteiger partial charge >= 0.3 is 6.09 Å². The molecule has 0 aromatic rings. The molecule has 0 N–H and O–H groups in total. The van der Waals surface area contributed by atoms with Gasteiger partial charge in [-0.3, -0.25) is 9.69 Å². The summed E-state index contributed by atoms with van der Waals surface area (Å²) < 4.78 is 5.37. The minimum atomic E-state index is -0.567. The van der Waals surface area contributed by atoms with E-state index in [1.54, 1.807) is 0 Å². The Labute approximate surface area is 134 Å². The van der Waals surface area contributed by atoms with Crippen molar-refractivity contribution < 1.29 is 14.3 Å². The molecule has 0 bridgehead atoms. The third-order valence-corrected chi connectivity index (χ3v) is 4.61. The van der Waals surface area contributed by atoms with Crippen LogP contribution in [0.3, 0.4) is 0 Å².